The van der Waals surface area contributed by atoms with Gasteiger partial charge in [-0.1, -0.05) is 68.3 Å². The van der Waals surface area contributed by atoms with Crippen LogP contribution < -0.4 is 4.74 Å². The quantitative estimate of drug-likeness (QED) is 0.0852. The first-order valence-electron chi connectivity index (χ1n) is 14.2. The van der Waals surface area contributed by atoms with E-state index in [1.165, 1.54) is 24.3 Å². The lowest BCUT2D eigenvalue weighted by atomic mass is 9.99. The summed E-state index contributed by atoms with van der Waals surface area (Å²) in [6, 6.07) is 18.6. The van der Waals surface area contributed by atoms with E-state index in [2.05, 4.69) is 6.92 Å². The van der Waals surface area contributed by atoms with Crippen LogP contribution in [0.2, 0.25) is 0 Å². The molecule has 0 radical (unpaired) electrons. The SMILES string of the molecule is CCCCCc1ccc(-c2cc(F)c(C(F)(F)Oc3ccc(-c4ccc(-c5cc(F)c(F)c(F)c5)c(F)c4)cc3)c(F)c2)cc1. The maximum absolute atomic E-state index is 15.0. The molecule has 0 bridgehead atoms. The van der Waals surface area contributed by atoms with Gasteiger partial charge in [-0.05, 0) is 88.7 Å². The van der Waals surface area contributed by atoms with Crippen molar-refractivity contribution < 1.29 is 39.9 Å². The molecule has 5 aromatic carbocycles. The van der Waals surface area contributed by atoms with Crippen molar-refractivity contribution in [2.75, 3.05) is 0 Å². The van der Waals surface area contributed by atoms with Crippen LogP contribution in [0, 0.1) is 34.9 Å². The Hall–Kier alpha value is -4.66. The van der Waals surface area contributed by atoms with Gasteiger partial charge >= 0.3 is 6.11 Å². The third-order valence-electron chi connectivity index (χ3n) is 7.39. The summed E-state index contributed by atoms with van der Waals surface area (Å²) in [5, 5.41) is 0. The number of benzene rings is 5. The van der Waals surface area contributed by atoms with Crippen molar-refractivity contribution >= 4 is 0 Å². The van der Waals surface area contributed by atoms with Crippen molar-refractivity contribution in [1.29, 1.82) is 0 Å². The molecule has 0 fully saturated rings. The zero-order chi connectivity index (χ0) is 32.3. The van der Waals surface area contributed by atoms with Gasteiger partial charge in [0.25, 0.3) is 0 Å². The van der Waals surface area contributed by atoms with Crippen molar-refractivity contribution in [2.45, 2.75) is 38.7 Å². The zero-order valence-electron chi connectivity index (χ0n) is 23.9. The molecule has 0 spiro atoms. The molecule has 1 nitrogen and oxygen atoms in total. The average molecular weight is 627 g/mol. The van der Waals surface area contributed by atoms with Gasteiger partial charge in [0.15, 0.2) is 17.5 Å². The molecule has 5 aromatic rings. The molecule has 0 N–H and O–H groups in total. The second kappa shape index (κ2) is 13.1. The number of hydrogen-bond acceptors (Lipinski definition) is 1. The van der Waals surface area contributed by atoms with Crippen LogP contribution in [0.25, 0.3) is 33.4 Å². The molecule has 0 amide bonds. The van der Waals surface area contributed by atoms with E-state index in [4.69, 9.17) is 4.74 Å². The fourth-order valence-corrected chi connectivity index (χ4v) is 5.02. The van der Waals surface area contributed by atoms with Gasteiger partial charge in [0.2, 0.25) is 0 Å². The lowest BCUT2D eigenvalue weighted by Crippen LogP contribution is -2.25. The molecule has 0 aromatic heterocycles. The lowest BCUT2D eigenvalue weighted by Gasteiger charge is -2.20. The second-order valence-electron chi connectivity index (χ2n) is 10.6. The maximum atomic E-state index is 15.0. The number of halogens is 8. The van der Waals surface area contributed by atoms with Gasteiger partial charge in [-0.25, -0.2) is 26.3 Å². The first kappa shape index (κ1) is 31.8. The topological polar surface area (TPSA) is 9.23 Å². The van der Waals surface area contributed by atoms with Crippen LogP contribution in [0.1, 0.15) is 37.3 Å². The highest BCUT2D eigenvalue weighted by molar-refractivity contribution is 5.71. The zero-order valence-corrected chi connectivity index (χ0v) is 23.9. The minimum atomic E-state index is -4.37. The third kappa shape index (κ3) is 7.03. The van der Waals surface area contributed by atoms with E-state index in [1.54, 1.807) is 12.1 Å². The summed E-state index contributed by atoms with van der Waals surface area (Å²) in [7, 11) is 0. The van der Waals surface area contributed by atoms with Crippen molar-refractivity contribution in [2.24, 2.45) is 0 Å². The molecular formula is C36H26F8O. The molecule has 0 saturated heterocycles. The molecule has 0 unspecified atom stereocenters. The van der Waals surface area contributed by atoms with Crippen LogP contribution in [0.5, 0.6) is 5.75 Å². The van der Waals surface area contributed by atoms with Crippen molar-refractivity contribution in [1.82, 2.24) is 0 Å². The van der Waals surface area contributed by atoms with Crippen LogP contribution in [0.15, 0.2) is 91.0 Å². The first-order valence-corrected chi connectivity index (χ1v) is 14.2. The first-order chi connectivity index (χ1) is 21.5. The van der Waals surface area contributed by atoms with E-state index in [0.717, 1.165) is 61.6 Å². The fourth-order valence-electron chi connectivity index (χ4n) is 5.02. The summed E-state index contributed by atoms with van der Waals surface area (Å²) in [4.78, 5) is 0. The Balaban J connectivity index is 1.31. The minimum Gasteiger partial charge on any atom is -0.429 e. The van der Waals surface area contributed by atoms with Crippen LogP contribution in [-0.4, -0.2) is 0 Å². The maximum Gasteiger partial charge on any atom is 0.432 e. The van der Waals surface area contributed by atoms with Gasteiger partial charge in [-0.2, -0.15) is 8.78 Å². The van der Waals surface area contributed by atoms with E-state index in [-0.39, 0.29) is 22.3 Å². The normalized spacial score (nSPS) is 11.6. The van der Waals surface area contributed by atoms with Gasteiger partial charge in [-0.15, -0.1) is 0 Å². The van der Waals surface area contributed by atoms with Gasteiger partial charge in [0, 0.05) is 5.56 Å². The number of hydrogen-bond donors (Lipinski definition) is 0. The van der Waals surface area contributed by atoms with Crippen LogP contribution >= 0.6 is 0 Å². The molecule has 0 saturated carbocycles. The van der Waals surface area contributed by atoms with Gasteiger partial charge in [0.1, 0.15) is 28.8 Å². The molecule has 0 aliphatic heterocycles. The predicted octanol–water partition coefficient (Wildman–Crippen LogP) is 11.4. The van der Waals surface area contributed by atoms with E-state index >= 15 is 8.78 Å². The molecule has 0 aliphatic rings. The Labute approximate surface area is 254 Å². The molecule has 9 heteroatoms. The summed E-state index contributed by atoms with van der Waals surface area (Å²) in [5.41, 5.74) is 0.316. The summed E-state index contributed by atoms with van der Waals surface area (Å²) in [6.45, 7) is 2.10. The number of ether oxygens (including phenoxy) is 1. The van der Waals surface area contributed by atoms with Crippen molar-refractivity contribution in [3.63, 3.8) is 0 Å². The van der Waals surface area contributed by atoms with Crippen LogP contribution in [0.4, 0.5) is 35.1 Å². The van der Waals surface area contributed by atoms with Gasteiger partial charge < -0.3 is 4.74 Å². The number of alkyl halides is 2. The second-order valence-corrected chi connectivity index (χ2v) is 10.6. The fraction of sp³-hybridized carbons (Fsp3) is 0.167. The monoisotopic (exact) mass is 626 g/mol. The minimum absolute atomic E-state index is 0.0990. The van der Waals surface area contributed by atoms with E-state index in [9.17, 15) is 26.3 Å². The predicted molar refractivity (Wildman–Crippen MR) is 157 cm³/mol. The average Bonchev–Trinajstić information content (AvgIpc) is 2.99. The van der Waals surface area contributed by atoms with Crippen molar-refractivity contribution in [3.05, 3.63) is 137 Å². The molecule has 0 aliphatic carbocycles. The highest BCUT2D eigenvalue weighted by atomic mass is 19.3. The Bertz CT molecular complexity index is 1770. The molecule has 0 atom stereocenters. The molecular weight excluding hydrogens is 600 g/mol. The number of unbranched alkanes of at least 4 members (excludes halogenated alkanes) is 2. The molecule has 232 valence electrons. The highest BCUT2D eigenvalue weighted by Gasteiger charge is 2.41. The Morgan fingerprint density at radius 3 is 1.62 bits per heavy atom. The highest BCUT2D eigenvalue weighted by Crippen LogP contribution is 2.38. The van der Waals surface area contributed by atoms with Crippen molar-refractivity contribution in [3.8, 4) is 39.1 Å². The van der Waals surface area contributed by atoms with E-state index in [1.807, 2.05) is 12.1 Å². The lowest BCUT2D eigenvalue weighted by molar-refractivity contribution is -0.189. The number of rotatable bonds is 10. The Morgan fingerprint density at radius 1 is 0.533 bits per heavy atom. The molecule has 5 rings (SSSR count). The standard InChI is InChI=1S/C36H26F8O/c1-2-3-4-5-21-6-8-23(9-7-21)25-17-30(38)34(31(39)18-25)36(43,44)45-27-13-10-22(11-14-27)24-12-15-28(29(37)16-24)26-19-32(40)35(42)33(41)20-26/h6-20H,2-5H2,1H3. The Kier molecular flexibility index (Phi) is 9.27. The van der Waals surface area contributed by atoms with Crippen LogP contribution in [-0.2, 0) is 12.5 Å². The Morgan fingerprint density at radius 2 is 1.04 bits per heavy atom. The smallest absolute Gasteiger partial charge is 0.429 e. The summed E-state index contributed by atoms with van der Waals surface area (Å²) < 4.78 is 120. The third-order valence-corrected chi connectivity index (χ3v) is 7.39. The summed E-state index contributed by atoms with van der Waals surface area (Å²) in [5.74, 6) is -8.87. The van der Waals surface area contributed by atoms with E-state index < -0.39 is 52.3 Å². The summed E-state index contributed by atoms with van der Waals surface area (Å²) >= 11 is 0. The van der Waals surface area contributed by atoms with E-state index in [0.29, 0.717) is 23.3 Å². The van der Waals surface area contributed by atoms with Gasteiger partial charge in [0.05, 0.1) is 0 Å². The molecule has 0 heterocycles. The molecule has 45 heavy (non-hydrogen) atoms. The summed E-state index contributed by atoms with van der Waals surface area (Å²) in [6.07, 6.45) is -0.323. The number of aryl methyl sites for hydroxylation is 1. The van der Waals surface area contributed by atoms with Gasteiger partial charge in [-0.3, -0.25) is 0 Å². The largest absolute Gasteiger partial charge is 0.432 e. The van der Waals surface area contributed by atoms with Crippen LogP contribution in [0.3, 0.4) is 0 Å².